The van der Waals surface area contributed by atoms with Crippen LogP contribution in [-0.2, 0) is 16.4 Å². The lowest BCUT2D eigenvalue weighted by molar-refractivity contribution is 0.0938. The molecule has 0 unspecified atom stereocenters. The van der Waals surface area contributed by atoms with Crippen molar-refractivity contribution in [2.24, 2.45) is 0 Å². The van der Waals surface area contributed by atoms with Gasteiger partial charge in [-0.1, -0.05) is 36.8 Å². The van der Waals surface area contributed by atoms with E-state index in [4.69, 9.17) is 0 Å². The first kappa shape index (κ1) is 24.7. The van der Waals surface area contributed by atoms with Gasteiger partial charge in [-0.05, 0) is 75.6 Å². The van der Waals surface area contributed by atoms with E-state index in [0.29, 0.717) is 18.7 Å². The molecule has 2 fully saturated rings. The molecule has 2 aromatic carbocycles. The largest absolute Gasteiger partial charge is 0.370 e. The number of hydrogen-bond acceptors (Lipinski definition) is 4. The van der Waals surface area contributed by atoms with E-state index in [2.05, 4.69) is 22.3 Å². The molecule has 4 rings (SSSR count). The summed E-state index contributed by atoms with van der Waals surface area (Å²) in [6, 6.07) is 15.4. The number of aryl methyl sites for hydroxylation is 1. The van der Waals surface area contributed by atoms with Gasteiger partial charge in [-0.25, -0.2) is 8.42 Å². The Morgan fingerprint density at radius 1 is 0.912 bits per heavy atom. The van der Waals surface area contributed by atoms with Gasteiger partial charge in [0.2, 0.25) is 10.0 Å². The number of amides is 1. The third-order valence-corrected chi connectivity index (χ3v) is 8.87. The maximum absolute atomic E-state index is 13.7. The van der Waals surface area contributed by atoms with Crippen LogP contribution in [0.2, 0.25) is 0 Å². The van der Waals surface area contributed by atoms with Crippen LogP contribution >= 0.6 is 0 Å². The molecule has 2 heterocycles. The van der Waals surface area contributed by atoms with Gasteiger partial charge in [0, 0.05) is 37.8 Å². The molecule has 6 nitrogen and oxygen atoms in total. The van der Waals surface area contributed by atoms with Crippen LogP contribution in [-0.4, -0.2) is 50.9 Å². The summed E-state index contributed by atoms with van der Waals surface area (Å²) in [6.07, 6.45) is 7.83. The zero-order chi connectivity index (χ0) is 24.0. The van der Waals surface area contributed by atoms with E-state index in [1.165, 1.54) is 12.0 Å². The quantitative estimate of drug-likeness (QED) is 0.596. The second kappa shape index (κ2) is 11.4. The fraction of sp³-hybridized carbons (Fsp3) is 0.519. The summed E-state index contributed by atoms with van der Waals surface area (Å²) in [4.78, 5) is 15.5. The number of benzene rings is 2. The average molecular weight is 484 g/mol. The lowest BCUT2D eigenvalue weighted by atomic mass is 10.1. The van der Waals surface area contributed by atoms with Gasteiger partial charge in [0.15, 0.2) is 0 Å². The minimum absolute atomic E-state index is 0.0170. The Hall–Kier alpha value is -2.38. The van der Waals surface area contributed by atoms with Crippen molar-refractivity contribution >= 4 is 21.6 Å². The fourth-order valence-corrected chi connectivity index (χ4v) is 6.66. The van der Waals surface area contributed by atoms with Gasteiger partial charge in [-0.15, -0.1) is 0 Å². The number of nitrogens with one attached hydrogen (secondary N) is 1. The van der Waals surface area contributed by atoms with Crippen molar-refractivity contribution in [3.05, 3.63) is 59.7 Å². The van der Waals surface area contributed by atoms with E-state index < -0.39 is 10.0 Å². The lowest BCUT2D eigenvalue weighted by Gasteiger charge is -2.33. The van der Waals surface area contributed by atoms with Crippen LogP contribution in [0, 0.1) is 0 Å². The Labute approximate surface area is 204 Å². The smallest absolute Gasteiger partial charge is 0.251 e. The van der Waals surface area contributed by atoms with E-state index in [1.54, 1.807) is 16.4 Å². The van der Waals surface area contributed by atoms with Crippen LogP contribution < -0.4 is 10.2 Å². The first-order valence-corrected chi connectivity index (χ1v) is 14.1. The van der Waals surface area contributed by atoms with Crippen molar-refractivity contribution in [2.45, 2.75) is 69.2 Å². The van der Waals surface area contributed by atoms with Gasteiger partial charge in [-0.3, -0.25) is 4.79 Å². The molecular formula is C27H37N3O3S. The Morgan fingerprint density at radius 2 is 1.56 bits per heavy atom. The van der Waals surface area contributed by atoms with Crippen molar-refractivity contribution in [3.8, 4) is 0 Å². The molecule has 0 aromatic heterocycles. The monoisotopic (exact) mass is 483 g/mol. The number of rotatable bonds is 8. The van der Waals surface area contributed by atoms with Crippen molar-refractivity contribution in [1.82, 2.24) is 9.62 Å². The second-order valence-electron chi connectivity index (χ2n) is 9.59. The third-order valence-electron chi connectivity index (χ3n) is 6.94. The molecule has 0 saturated carbocycles. The molecule has 1 atom stereocenters. The van der Waals surface area contributed by atoms with Crippen molar-refractivity contribution in [2.75, 3.05) is 31.1 Å². The molecule has 0 spiro atoms. The van der Waals surface area contributed by atoms with Crippen LogP contribution in [0.25, 0.3) is 0 Å². The van der Waals surface area contributed by atoms with Gasteiger partial charge < -0.3 is 10.2 Å². The highest BCUT2D eigenvalue weighted by Gasteiger charge is 2.31. The molecule has 34 heavy (non-hydrogen) atoms. The van der Waals surface area contributed by atoms with E-state index in [0.717, 1.165) is 63.7 Å². The van der Waals surface area contributed by atoms with Gasteiger partial charge in [0.25, 0.3) is 5.91 Å². The number of nitrogens with zero attached hydrogens (tertiary/aromatic N) is 2. The molecule has 2 aliphatic heterocycles. The Bertz CT molecular complexity index is 1060. The Kier molecular flexibility index (Phi) is 8.27. The summed E-state index contributed by atoms with van der Waals surface area (Å²) in [5.41, 5.74) is 2.38. The van der Waals surface area contributed by atoms with E-state index in [9.17, 15) is 13.2 Å². The number of hydrogen-bond donors (Lipinski definition) is 1. The zero-order valence-electron chi connectivity index (χ0n) is 20.2. The van der Waals surface area contributed by atoms with Gasteiger partial charge in [0.05, 0.1) is 5.69 Å². The molecule has 2 aromatic rings. The molecule has 2 saturated heterocycles. The summed E-state index contributed by atoms with van der Waals surface area (Å²) in [7, 11) is -3.66. The normalized spacial score (nSPS) is 18.4. The predicted octanol–water partition coefficient (Wildman–Crippen LogP) is 4.60. The van der Waals surface area contributed by atoms with Crippen molar-refractivity contribution in [3.63, 3.8) is 0 Å². The Balaban J connectivity index is 1.54. The fourth-order valence-electron chi connectivity index (χ4n) is 4.91. The number of anilines is 1. The number of carbonyl (C=O) groups excluding carboxylic acids is 1. The molecule has 1 amide bonds. The van der Waals surface area contributed by atoms with Crippen LogP contribution in [0.4, 0.5) is 5.69 Å². The molecular weight excluding hydrogens is 446 g/mol. The first-order valence-electron chi connectivity index (χ1n) is 12.7. The van der Waals surface area contributed by atoms with Crippen LogP contribution in [0.15, 0.2) is 53.4 Å². The second-order valence-corrected chi connectivity index (χ2v) is 11.5. The maximum Gasteiger partial charge on any atom is 0.251 e. The average Bonchev–Trinajstić information content (AvgIpc) is 2.88. The topological polar surface area (TPSA) is 69.7 Å². The van der Waals surface area contributed by atoms with Crippen LogP contribution in [0.3, 0.4) is 0 Å². The summed E-state index contributed by atoms with van der Waals surface area (Å²) >= 11 is 0. The molecule has 184 valence electrons. The lowest BCUT2D eigenvalue weighted by Crippen LogP contribution is -2.38. The van der Waals surface area contributed by atoms with Gasteiger partial charge in [-0.2, -0.15) is 4.31 Å². The highest BCUT2D eigenvalue weighted by Crippen LogP contribution is 2.32. The highest BCUT2D eigenvalue weighted by atomic mass is 32.2. The number of sulfonamides is 1. The Morgan fingerprint density at radius 3 is 2.24 bits per heavy atom. The predicted molar refractivity (Wildman–Crippen MR) is 137 cm³/mol. The molecule has 1 N–H and O–H groups in total. The summed E-state index contributed by atoms with van der Waals surface area (Å²) in [6.45, 7) is 4.80. The SMILES string of the molecule is C[C@H](CCc1ccccc1)NC(=O)c1ccc(N2CCCCC2)c(S(=O)(=O)N2CCCCC2)c1. The number of piperidine rings is 2. The van der Waals surface area contributed by atoms with Crippen LogP contribution in [0.5, 0.6) is 0 Å². The van der Waals surface area contributed by atoms with E-state index >= 15 is 0 Å². The van der Waals surface area contributed by atoms with Gasteiger partial charge in [0.1, 0.15) is 4.90 Å². The summed E-state index contributed by atoms with van der Waals surface area (Å²) in [5, 5.41) is 3.06. The zero-order valence-corrected chi connectivity index (χ0v) is 21.0. The molecule has 7 heteroatoms. The van der Waals surface area contributed by atoms with Crippen molar-refractivity contribution in [1.29, 1.82) is 0 Å². The molecule has 0 bridgehead atoms. The summed E-state index contributed by atoms with van der Waals surface area (Å²) in [5.74, 6) is -0.221. The molecule has 0 radical (unpaired) electrons. The maximum atomic E-state index is 13.7. The van der Waals surface area contributed by atoms with E-state index in [1.807, 2.05) is 31.2 Å². The number of carbonyl (C=O) groups is 1. The summed E-state index contributed by atoms with van der Waals surface area (Å²) < 4.78 is 28.9. The van der Waals surface area contributed by atoms with Crippen molar-refractivity contribution < 1.29 is 13.2 Å². The first-order chi connectivity index (χ1) is 16.4. The standard InChI is InChI=1S/C27H37N3O3S/c1-22(13-14-23-11-5-2-6-12-23)28-27(31)24-15-16-25(29-17-7-3-8-18-29)26(21-24)34(32,33)30-19-9-4-10-20-30/h2,5-6,11-12,15-16,21-22H,3-4,7-10,13-14,17-20H2,1H3,(H,28,31)/t22-/m1/s1. The van der Waals surface area contributed by atoms with Crippen LogP contribution in [0.1, 0.15) is 67.8 Å². The minimum Gasteiger partial charge on any atom is -0.370 e. The third kappa shape index (κ3) is 5.99. The van der Waals surface area contributed by atoms with E-state index in [-0.39, 0.29) is 16.8 Å². The minimum atomic E-state index is -3.66. The molecule has 2 aliphatic rings. The highest BCUT2D eigenvalue weighted by molar-refractivity contribution is 7.89. The molecule has 0 aliphatic carbocycles. The van der Waals surface area contributed by atoms with Gasteiger partial charge >= 0.3 is 0 Å².